The van der Waals surface area contributed by atoms with Crippen molar-refractivity contribution in [2.45, 2.75) is 51.9 Å². The van der Waals surface area contributed by atoms with Crippen LogP contribution in [0.5, 0.6) is 0 Å². The number of allylic oxidation sites excluding steroid dienone is 1. The Bertz CT molecular complexity index is 173. The number of hydrogen-bond acceptors (Lipinski definition) is 3. The van der Waals surface area contributed by atoms with Crippen molar-refractivity contribution in [2.24, 2.45) is 5.73 Å². The van der Waals surface area contributed by atoms with Gasteiger partial charge in [-0.3, -0.25) is 0 Å². The number of rotatable bonds is 5. The summed E-state index contributed by atoms with van der Waals surface area (Å²) in [5, 5.41) is 9.55. The van der Waals surface area contributed by atoms with Crippen molar-refractivity contribution in [1.29, 1.82) is 0 Å². The zero-order chi connectivity index (χ0) is 11.2. The van der Waals surface area contributed by atoms with E-state index in [-0.39, 0.29) is 11.6 Å². The van der Waals surface area contributed by atoms with Crippen molar-refractivity contribution in [2.75, 3.05) is 6.61 Å². The molecule has 0 saturated carbocycles. The lowest BCUT2D eigenvalue weighted by Gasteiger charge is -2.23. The highest BCUT2D eigenvalue weighted by Crippen LogP contribution is 2.07. The maximum Gasteiger partial charge on any atom is 0.0894 e. The number of ether oxygens (including phenoxy) is 1. The third-order valence-corrected chi connectivity index (χ3v) is 1.72. The molecule has 0 bridgehead atoms. The van der Waals surface area contributed by atoms with E-state index in [2.05, 4.69) is 0 Å². The van der Waals surface area contributed by atoms with Gasteiger partial charge in [-0.15, -0.1) is 0 Å². The molecule has 2 atom stereocenters. The van der Waals surface area contributed by atoms with E-state index in [4.69, 9.17) is 10.5 Å². The lowest BCUT2D eigenvalue weighted by molar-refractivity contribution is -0.0224. The molecule has 0 aromatic carbocycles. The largest absolute Gasteiger partial charge is 0.387 e. The zero-order valence-electron chi connectivity index (χ0n) is 9.66. The van der Waals surface area contributed by atoms with Crippen LogP contribution in [-0.4, -0.2) is 29.5 Å². The Morgan fingerprint density at radius 2 is 2.00 bits per heavy atom. The second-order valence-corrected chi connectivity index (χ2v) is 4.41. The average Bonchev–Trinajstić information content (AvgIpc) is 2.09. The molecule has 0 radical (unpaired) electrons. The number of aliphatic hydroxyl groups excluding tert-OH is 1. The molecule has 14 heavy (non-hydrogen) atoms. The van der Waals surface area contributed by atoms with Crippen molar-refractivity contribution in [3.05, 3.63) is 12.2 Å². The summed E-state index contributed by atoms with van der Waals surface area (Å²) in [5.41, 5.74) is 5.54. The van der Waals surface area contributed by atoms with Gasteiger partial charge in [0.1, 0.15) is 0 Å². The average molecular weight is 201 g/mol. The minimum absolute atomic E-state index is 0.203. The van der Waals surface area contributed by atoms with Gasteiger partial charge in [-0.05, 0) is 27.2 Å². The third-order valence-electron chi connectivity index (χ3n) is 1.72. The molecule has 84 valence electrons. The van der Waals surface area contributed by atoms with Crippen LogP contribution in [0.15, 0.2) is 12.2 Å². The van der Waals surface area contributed by atoms with E-state index in [0.717, 1.165) is 6.42 Å². The molecular weight excluding hydrogens is 178 g/mol. The molecule has 0 rings (SSSR count). The summed E-state index contributed by atoms with van der Waals surface area (Å²) in [6.45, 7) is 8.29. The van der Waals surface area contributed by atoms with Gasteiger partial charge >= 0.3 is 0 Å². The van der Waals surface area contributed by atoms with E-state index in [9.17, 15) is 5.11 Å². The van der Waals surface area contributed by atoms with Gasteiger partial charge < -0.3 is 15.6 Å². The van der Waals surface area contributed by atoms with Gasteiger partial charge in [0.2, 0.25) is 0 Å². The van der Waals surface area contributed by atoms with Gasteiger partial charge in [-0.25, -0.2) is 0 Å². The quantitative estimate of drug-likeness (QED) is 0.662. The van der Waals surface area contributed by atoms with Crippen molar-refractivity contribution < 1.29 is 9.84 Å². The summed E-state index contributed by atoms with van der Waals surface area (Å²) in [6, 6.07) is -0.350. The summed E-state index contributed by atoms with van der Waals surface area (Å²) in [4.78, 5) is 0. The van der Waals surface area contributed by atoms with E-state index >= 15 is 0 Å². The van der Waals surface area contributed by atoms with Crippen LogP contribution in [-0.2, 0) is 4.74 Å². The molecule has 0 fully saturated rings. The van der Waals surface area contributed by atoms with Crippen molar-refractivity contribution in [3.63, 3.8) is 0 Å². The van der Waals surface area contributed by atoms with Crippen molar-refractivity contribution in [1.82, 2.24) is 0 Å². The highest BCUT2D eigenvalue weighted by Gasteiger charge is 2.16. The molecule has 3 N–H and O–H groups in total. The molecule has 0 amide bonds. The number of aliphatic hydroxyl groups is 1. The summed E-state index contributed by atoms with van der Waals surface area (Å²) < 4.78 is 5.47. The van der Waals surface area contributed by atoms with Gasteiger partial charge in [0.05, 0.1) is 24.4 Å². The van der Waals surface area contributed by atoms with Gasteiger partial charge in [0.25, 0.3) is 0 Å². The summed E-state index contributed by atoms with van der Waals surface area (Å²) in [6.07, 6.45) is 3.92. The van der Waals surface area contributed by atoms with Crippen LogP contribution in [0.3, 0.4) is 0 Å². The molecule has 3 heteroatoms. The number of hydrogen-bond donors (Lipinski definition) is 2. The van der Waals surface area contributed by atoms with E-state index in [0.29, 0.717) is 6.61 Å². The van der Waals surface area contributed by atoms with E-state index in [1.165, 1.54) is 0 Å². The molecule has 0 aliphatic carbocycles. The molecule has 0 spiro atoms. The van der Waals surface area contributed by atoms with E-state index in [1.807, 2.05) is 33.8 Å². The lowest BCUT2D eigenvalue weighted by Crippen LogP contribution is -2.40. The number of nitrogens with two attached hydrogens (primary N) is 1. The molecule has 0 saturated heterocycles. The highest BCUT2D eigenvalue weighted by molar-refractivity contribution is 4.93. The van der Waals surface area contributed by atoms with Crippen LogP contribution in [0, 0.1) is 0 Å². The van der Waals surface area contributed by atoms with Crippen LogP contribution in [0.1, 0.15) is 34.1 Å². The monoisotopic (exact) mass is 201 g/mol. The highest BCUT2D eigenvalue weighted by atomic mass is 16.5. The topological polar surface area (TPSA) is 55.5 Å². The molecule has 0 heterocycles. The van der Waals surface area contributed by atoms with Gasteiger partial charge in [0, 0.05) is 0 Å². The summed E-state index contributed by atoms with van der Waals surface area (Å²) in [5.74, 6) is 0. The molecule has 3 nitrogen and oxygen atoms in total. The Balaban J connectivity index is 3.84. The summed E-state index contributed by atoms with van der Waals surface area (Å²) >= 11 is 0. The molecule has 0 aliphatic rings. The van der Waals surface area contributed by atoms with Crippen LogP contribution in [0.4, 0.5) is 0 Å². The SMILES string of the molecule is CC/C=C/[C@H](O)[C@H](N)COC(C)(C)C. The first kappa shape index (κ1) is 13.6. The minimum atomic E-state index is -0.614. The van der Waals surface area contributed by atoms with Crippen molar-refractivity contribution in [3.8, 4) is 0 Å². The standard InChI is InChI=1S/C11H23NO2/c1-5-6-7-10(13)9(12)8-14-11(2,3)4/h6-7,9-10,13H,5,8,12H2,1-4H3/b7-6+/t9-,10+/m1/s1. The smallest absolute Gasteiger partial charge is 0.0894 e. The first-order valence-corrected chi connectivity index (χ1v) is 5.11. The lowest BCUT2D eigenvalue weighted by atomic mass is 10.1. The Labute approximate surface area is 86.9 Å². The van der Waals surface area contributed by atoms with Crippen LogP contribution >= 0.6 is 0 Å². The fourth-order valence-electron chi connectivity index (χ4n) is 0.863. The molecule has 0 unspecified atom stereocenters. The Hall–Kier alpha value is -0.380. The maximum absolute atomic E-state index is 9.55. The predicted octanol–water partition coefficient (Wildman–Crippen LogP) is 1.46. The Morgan fingerprint density at radius 3 is 2.43 bits per heavy atom. The van der Waals surface area contributed by atoms with Crippen molar-refractivity contribution >= 4 is 0 Å². The zero-order valence-corrected chi connectivity index (χ0v) is 9.66. The minimum Gasteiger partial charge on any atom is -0.387 e. The van der Waals surface area contributed by atoms with Crippen LogP contribution in [0.25, 0.3) is 0 Å². The van der Waals surface area contributed by atoms with Crippen LogP contribution in [0.2, 0.25) is 0 Å². The van der Waals surface area contributed by atoms with Gasteiger partial charge in [-0.1, -0.05) is 19.1 Å². The fraction of sp³-hybridized carbons (Fsp3) is 0.818. The second-order valence-electron chi connectivity index (χ2n) is 4.41. The normalized spacial score (nSPS) is 17.3. The Morgan fingerprint density at radius 1 is 1.43 bits per heavy atom. The molecule has 0 aromatic rings. The summed E-state index contributed by atoms with van der Waals surface area (Å²) in [7, 11) is 0. The van der Waals surface area contributed by atoms with E-state index in [1.54, 1.807) is 6.08 Å². The second kappa shape index (κ2) is 6.17. The van der Waals surface area contributed by atoms with Gasteiger partial charge in [-0.2, -0.15) is 0 Å². The Kier molecular flexibility index (Phi) is 6.00. The third kappa shape index (κ3) is 7.06. The maximum atomic E-state index is 9.55. The van der Waals surface area contributed by atoms with Gasteiger partial charge in [0.15, 0.2) is 0 Å². The molecular formula is C11H23NO2. The fourth-order valence-corrected chi connectivity index (χ4v) is 0.863. The first-order valence-electron chi connectivity index (χ1n) is 5.11. The van der Waals surface area contributed by atoms with Crippen LogP contribution < -0.4 is 5.73 Å². The van der Waals surface area contributed by atoms with E-state index < -0.39 is 6.10 Å². The molecule has 0 aliphatic heterocycles. The predicted molar refractivity (Wildman–Crippen MR) is 59.1 cm³/mol. The molecule has 0 aromatic heterocycles. The first-order chi connectivity index (χ1) is 6.37.